The van der Waals surface area contributed by atoms with Crippen LogP contribution in [0.1, 0.15) is 12.5 Å². The molecule has 2 aliphatic rings. The number of hydrogen-bond acceptors (Lipinski definition) is 4. The molecular formula is C19H28BrN3O. The van der Waals surface area contributed by atoms with E-state index in [0.717, 1.165) is 28.9 Å². The van der Waals surface area contributed by atoms with Gasteiger partial charge in [0.05, 0.1) is 0 Å². The normalized spacial score (nSPS) is 20.2. The van der Waals surface area contributed by atoms with Gasteiger partial charge in [0.1, 0.15) is 12.4 Å². The van der Waals surface area contributed by atoms with Crippen LogP contribution in [0.4, 0.5) is 0 Å². The first-order valence-electron chi connectivity index (χ1n) is 8.83. The van der Waals surface area contributed by atoms with E-state index in [9.17, 15) is 0 Å². The maximum atomic E-state index is 5.84. The largest absolute Gasteiger partial charge is 0.489 e. The number of nitrogens with one attached hydrogen (secondary N) is 1. The summed E-state index contributed by atoms with van der Waals surface area (Å²) in [5, 5.41) is 3.60. The van der Waals surface area contributed by atoms with Crippen molar-refractivity contribution >= 4 is 22.0 Å². The van der Waals surface area contributed by atoms with Gasteiger partial charge in [-0.1, -0.05) is 22.9 Å². The lowest BCUT2D eigenvalue weighted by Gasteiger charge is -2.34. The van der Waals surface area contributed by atoms with E-state index in [1.165, 1.54) is 38.3 Å². The molecule has 5 heteroatoms. The van der Waals surface area contributed by atoms with Crippen molar-refractivity contribution in [2.75, 3.05) is 59.5 Å². The van der Waals surface area contributed by atoms with Gasteiger partial charge in [-0.25, -0.2) is 0 Å². The highest BCUT2D eigenvalue weighted by molar-refractivity contribution is 9.10. The fourth-order valence-corrected chi connectivity index (χ4v) is 3.69. The quantitative estimate of drug-likeness (QED) is 0.803. The molecule has 0 spiro atoms. The van der Waals surface area contributed by atoms with Gasteiger partial charge in [0.25, 0.3) is 0 Å². The van der Waals surface area contributed by atoms with Crippen molar-refractivity contribution in [3.05, 3.63) is 33.8 Å². The highest BCUT2D eigenvalue weighted by Gasteiger charge is 2.16. The van der Waals surface area contributed by atoms with Gasteiger partial charge in [-0.15, -0.1) is 0 Å². The minimum atomic E-state index is 0.667. The van der Waals surface area contributed by atoms with E-state index in [1.54, 1.807) is 0 Å². The molecule has 3 rings (SSSR count). The molecule has 1 saturated heterocycles. The molecule has 1 atom stereocenters. The van der Waals surface area contributed by atoms with Gasteiger partial charge < -0.3 is 19.9 Å². The Morgan fingerprint density at radius 1 is 1.25 bits per heavy atom. The number of hydrogen-bond donors (Lipinski definition) is 1. The lowest BCUT2D eigenvalue weighted by molar-refractivity contribution is 0.138. The second-order valence-corrected chi connectivity index (χ2v) is 8.03. The van der Waals surface area contributed by atoms with Crippen molar-refractivity contribution < 1.29 is 4.74 Å². The molecule has 1 N–H and O–H groups in total. The van der Waals surface area contributed by atoms with Crippen molar-refractivity contribution in [3.8, 4) is 5.75 Å². The molecule has 0 bridgehead atoms. The fraction of sp³-hybridized carbons (Fsp3) is 0.579. The van der Waals surface area contributed by atoms with Crippen LogP contribution in [0.15, 0.2) is 28.2 Å². The van der Waals surface area contributed by atoms with Gasteiger partial charge in [-0.3, -0.25) is 0 Å². The standard InChI is InChI=1S/C19H28BrN3O/c1-15(13-23-7-5-22(2)6-8-23)11-21-12-16-9-17-10-18(20)3-4-19(17)24-14-16/h3-4,9-10,15,21H,5-8,11-14H2,1-2H3. The molecule has 0 amide bonds. The Morgan fingerprint density at radius 3 is 2.83 bits per heavy atom. The SMILES string of the molecule is CC(CNCC1=Cc2cc(Br)ccc2OC1)CN1CCN(C)CC1. The summed E-state index contributed by atoms with van der Waals surface area (Å²) in [6, 6.07) is 6.17. The summed E-state index contributed by atoms with van der Waals surface area (Å²) in [5.41, 5.74) is 2.48. The number of rotatable bonds is 6. The van der Waals surface area contributed by atoms with Gasteiger partial charge in [-0.2, -0.15) is 0 Å². The van der Waals surface area contributed by atoms with Gasteiger partial charge >= 0.3 is 0 Å². The lowest BCUT2D eigenvalue weighted by atomic mass is 10.1. The second-order valence-electron chi connectivity index (χ2n) is 7.11. The number of benzene rings is 1. The third-order valence-electron chi connectivity index (χ3n) is 4.76. The summed E-state index contributed by atoms with van der Waals surface area (Å²) in [5.74, 6) is 1.64. The van der Waals surface area contributed by atoms with Crippen LogP contribution >= 0.6 is 15.9 Å². The van der Waals surface area contributed by atoms with E-state index < -0.39 is 0 Å². The maximum Gasteiger partial charge on any atom is 0.127 e. The summed E-state index contributed by atoms with van der Waals surface area (Å²) < 4.78 is 6.93. The number of likely N-dealkylation sites (N-methyl/N-ethyl adjacent to an activating group) is 1. The van der Waals surface area contributed by atoms with E-state index >= 15 is 0 Å². The van der Waals surface area contributed by atoms with Crippen LogP contribution in [-0.2, 0) is 0 Å². The highest BCUT2D eigenvalue weighted by Crippen LogP contribution is 2.28. The molecule has 1 aromatic carbocycles. The maximum absolute atomic E-state index is 5.84. The first-order valence-corrected chi connectivity index (χ1v) is 9.63. The van der Waals surface area contributed by atoms with E-state index in [1.807, 2.05) is 12.1 Å². The third-order valence-corrected chi connectivity index (χ3v) is 5.25. The third kappa shape index (κ3) is 5.06. The van der Waals surface area contributed by atoms with Crippen LogP contribution < -0.4 is 10.1 Å². The van der Waals surface area contributed by atoms with Gasteiger partial charge in [0.15, 0.2) is 0 Å². The smallest absolute Gasteiger partial charge is 0.127 e. The fourth-order valence-electron chi connectivity index (χ4n) is 3.31. The van der Waals surface area contributed by atoms with Gasteiger partial charge in [0, 0.05) is 49.3 Å². The van der Waals surface area contributed by atoms with Crippen molar-refractivity contribution in [2.24, 2.45) is 5.92 Å². The van der Waals surface area contributed by atoms with Crippen LogP contribution in [0.2, 0.25) is 0 Å². The zero-order valence-corrected chi connectivity index (χ0v) is 16.3. The summed E-state index contributed by atoms with van der Waals surface area (Å²) >= 11 is 3.52. The minimum Gasteiger partial charge on any atom is -0.489 e. The monoisotopic (exact) mass is 393 g/mol. The Balaban J connectivity index is 1.41. The van der Waals surface area contributed by atoms with Gasteiger partial charge in [-0.05, 0) is 49.4 Å². The highest BCUT2D eigenvalue weighted by atomic mass is 79.9. The average molecular weight is 394 g/mol. The molecule has 0 saturated carbocycles. The topological polar surface area (TPSA) is 27.7 Å². The Labute approximate surface area is 154 Å². The first kappa shape index (κ1) is 17.9. The Kier molecular flexibility index (Phi) is 6.33. The average Bonchev–Trinajstić information content (AvgIpc) is 2.56. The van der Waals surface area contributed by atoms with Crippen LogP contribution in [0.25, 0.3) is 6.08 Å². The van der Waals surface area contributed by atoms with Crippen LogP contribution in [0.3, 0.4) is 0 Å². The van der Waals surface area contributed by atoms with Gasteiger partial charge in [0.2, 0.25) is 0 Å². The molecular weight excluding hydrogens is 366 g/mol. The van der Waals surface area contributed by atoms with E-state index in [-0.39, 0.29) is 0 Å². The molecule has 0 radical (unpaired) electrons. The number of ether oxygens (including phenoxy) is 1. The molecule has 4 nitrogen and oxygen atoms in total. The zero-order valence-electron chi connectivity index (χ0n) is 14.7. The predicted octanol–water partition coefficient (Wildman–Crippen LogP) is 2.70. The minimum absolute atomic E-state index is 0.667. The summed E-state index contributed by atoms with van der Waals surface area (Å²) in [7, 11) is 2.21. The predicted molar refractivity (Wildman–Crippen MR) is 104 cm³/mol. The molecule has 1 unspecified atom stereocenters. The Hall–Kier alpha value is -0.880. The van der Waals surface area contributed by atoms with Crippen LogP contribution in [0.5, 0.6) is 5.75 Å². The van der Waals surface area contributed by atoms with E-state index in [0.29, 0.717) is 12.5 Å². The number of fused-ring (bicyclic) bond motifs is 1. The number of halogens is 1. The van der Waals surface area contributed by atoms with Crippen LogP contribution in [-0.4, -0.2) is 69.3 Å². The van der Waals surface area contributed by atoms with Crippen molar-refractivity contribution in [1.29, 1.82) is 0 Å². The number of nitrogens with zero attached hydrogens (tertiary/aromatic N) is 2. The molecule has 0 aliphatic carbocycles. The molecule has 24 heavy (non-hydrogen) atoms. The van der Waals surface area contributed by atoms with E-state index in [4.69, 9.17) is 4.74 Å². The molecule has 0 aromatic heterocycles. The second kappa shape index (κ2) is 8.48. The molecule has 1 fully saturated rings. The molecule has 1 aromatic rings. The molecule has 2 aliphatic heterocycles. The Bertz CT molecular complexity index is 582. The molecule has 132 valence electrons. The van der Waals surface area contributed by atoms with Crippen LogP contribution in [0, 0.1) is 5.92 Å². The Morgan fingerprint density at radius 2 is 2.04 bits per heavy atom. The molecule has 2 heterocycles. The van der Waals surface area contributed by atoms with Crippen molar-refractivity contribution in [1.82, 2.24) is 15.1 Å². The van der Waals surface area contributed by atoms with Crippen molar-refractivity contribution in [3.63, 3.8) is 0 Å². The lowest BCUT2D eigenvalue weighted by Crippen LogP contribution is -2.46. The summed E-state index contributed by atoms with van der Waals surface area (Å²) in [4.78, 5) is 4.99. The van der Waals surface area contributed by atoms with Crippen molar-refractivity contribution in [2.45, 2.75) is 6.92 Å². The first-order chi connectivity index (χ1) is 11.6. The zero-order chi connectivity index (χ0) is 16.9. The summed E-state index contributed by atoms with van der Waals surface area (Å²) in [6.07, 6.45) is 2.25. The number of piperazine rings is 1. The summed E-state index contributed by atoms with van der Waals surface area (Å²) in [6.45, 7) is 11.0. The van der Waals surface area contributed by atoms with E-state index in [2.05, 4.69) is 57.2 Å².